The van der Waals surface area contributed by atoms with Crippen LogP contribution < -0.4 is 4.90 Å². The minimum Gasteiger partial charge on any atom is -0.368 e. The number of thioether (sulfide) groups is 1. The quantitative estimate of drug-likeness (QED) is 0.541. The summed E-state index contributed by atoms with van der Waals surface area (Å²) in [6.07, 6.45) is 3.17. The molecule has 1 aliphatic rings. The summed E-state index contributed by atoms with van der Waals surface area (Å²) < 4.78 is 0. The first-order chi connectivity index (χ1) is 13.4. The maximum Gasteiger partial charge on any atom is 0.223 e. The van der Waals surface area contributed by atoms with Gasteiger partial charge in [0.25, 0.3) is 0 Å². The van der Waals surface area contributed by atoms with E-state index in [4.69, 9.17) is 11.6 Å². The zero-order valence-electron chi connectivity index (χ0n) is 17.0. The van der Waals surface area contributed by atoms with Crippen molar-refractivity contribution < 1.29 is 4.79 Å². The fraction of sp³-hybridized carbons (Fsp3) is 0.476. The summed E-state index contributed by atoms with van der Waals surface area (Å²) in [5.74, 6) is 0.204. The lowest BCUT2D eigenvalue weighted by Gasteiger charge is -2.37. The molecule has 0 aliphatic carbocycles. The molecule has 1 aliphatic heterocycles. The van der Waals surface area contributed by atoms with Crippen LogP contribution in [-0.2, 0) is 11.2 Å². The van der Waals surface area contributed by atoms with Gasteiger partial charge in [0.2, 0.25) is 5.91 Å². The molecule has 1 aromatic heterocycles. The molecule has 2 heterocycles. The van der Waals surface area contributed by atoms with Crippen LogP contribution in [0, 0.1) is 20.8 Å². The van der Waals surface area contributed by atoms with Crippen molar-refractivity contribution >= 4 is 35.0 Å². The Morgan fingerprint density at radius 1 is 1.11 bits per heavy atom. The molecule has 0 bridgehead atoms. The number of piperazine rings is 1. The summed E-state index contributed by atoms with van der Waals surface area (Å²) >= 11 is 7.70. The highest BCUT2D eigenvalue weighted by molar-refractivity contribution is 7.98. The predicted molar refractivity (Wildman–Crippen MR) is 117 cm³/mol. The number of nitrogens with zero attached hydrogens (tertiary/aromatic N) is 4. The number of rotatable bonds is 5. The van der Waals surface area contributed by atoms with Crippen molar-refractivity contribution in [1.29, 1.82) is 0 Å². The standard InChI is InChI=1S/C21H27ClN4OS/c1-14-5-6-17(22)13-19(14)25-9-11-26(12-10-25)20(27)8-7-18-15(2)23-21(28-4)24-16(18)3/h5-6,13H,7-12H2,1-4H3. The second-order valence-electron chi connectivity index (χ2n) is 7.16. The van der Waals surface area contributed by atoms with Crippen molar-refractivity contribution in [1.82, 2.24) is 14.9 Å². The van der Waals surface area contributed by atoms with Crippen LogP contribution in [0.1, 0.15) is 28.9 Å². The predicted octanol–water partition coefficient (Wildman–Crippen LogP) is 4.06. The molecule has 0 atom stereocenters. The Hall–Kier alpha value is -1.79. The molecule has 1 fully saturated rings. The van der Waals surface area contributed by atoms with E-state index in [1.54, 1.807) is 11.8 Å². The SMILES string of the molecule is CSc1nc(C)c(CCC(=O)N2CCN(c3cc(Cl)ccc3C)CC2)c(C)n1. The molecule has 0 spiro atoms. The largest absolute Gasteiger partial charge is 0.368 e. The number of amides is 1. The molecule has 0 radical (unpaired) electrons. The summed E-state index contributed by atoms with van der Waals surface area (Å²) in [6.45, 7) is 9.24. The normalized spacial score (nSPS) is 14.5. The fourth-order valence-electron chi connectivity index (χ4n) is 3.67. The molecular formula is C21H27ClN4OS. The van der Waals surface area contributed by atoms with E-state index in [1.165, 1.54) is 5.56 Å². The van der Waals surface area contributed by atoms with Gasteiger partial charge in [-0.3, -0.25) is 4.79 Å². The first kappa shape index (κ1) is 20.9. The Balaban J connectivity index is 1.57. The number of hydrogen-bond donors (Lipinski definition) is 0. The number of aromatic nitrogens is 2. The Morgan fingerprint density at radius 3 is 2.36 bits per heavy atom. The third kappa shape index (κ3) is 4.78. The third-order valence-corrected chi connectivity index (χ3v) is 6.10. The zero-order chi connectivity index (χ0) is 20.3. The van der Waals surface area contributed by atoms with Crippen molar-refractivity contribution in [2.75, 3.05) is 37.3 Å². The van der Waals surface area contributed by atoms with Crippen molar-refractivity contribution in [2.45, 2.75) is 38.8 Å². The van der Waals surface area contributed by atoms with Gasteiger partial charge >= 0.3 is 0 Å². The number of aryl methyl sites for hydroxylation is 3. The average Bonchev–Trinajstić information content (AvgIpc) is 2.69. The van der Waals surface area contributed by atoms with Crippen LogP contribution in [0.2, 0.25) is 5.02 Å². The molecule has 0 saturated carbocycles. The zero-order valence-corrected chi connectivity index (χ0v) is 18.5. The third-order valence-electron chi connectivity index (χ3n) is 5.32. The van der Waals surface area contributed by atoms with Crippen LogP contribution in [-0.4, -0.2) is 53.2 Å². The lowest BCUT2D eigenvalue weighted by molar-refractivity contribution is -0.131. The van der Waals surface area contributed by atoms with Crippen LogP contribution >= 0.6 is 23.4 Å². The number of anilines is 1. The van der Waals surface area contributed by atoms with Crippen molar-refractivity contribution in [3.63, 3.8) is 0 Å². The van der Waals surface area contributed by atoms with Crippen LogP contribution in [0.3, 0.4) is 0 Å². The smallest absolute Gasteiger partial charge is 0.223 e. The number of hydrogen-bond acceptors (Lipinski definition) is 5. The summed E-state index contributed by atoms with van der Waals surface area (Å²) in [5, 5.41) is 1.54. The van der Waals surface area contributed by atoms with Gasteiger partial charge in [0, 0.05) is 54.7 Å². The monoisotopic (exact) mass is 418 g/mol. The topological polar surface area (TPSA) is 49.3 Å². The van der Waals surface area contributed by atoms with Crippen molar-refractivity contribution in [3.8, 4) is 0 Å². The minimum atomic E-state index is 0.204. The van der Waals surface area contributed by atoms with Gasteiger partial charge in [-0.1, -0.05) is 29.4 Å². The highest BCUT2D eigenvalue weighted by Gasteiger charge is 2.22. The van der Waals surface area contributed by atoms with E-state index in [0.29, 0.717) is 12.8 Å². The molecule has 150 valence electrons. The fourth-order valence-corrected chi connectivity index (χ4v) is 4.29. The van der Waals surface area contributed by atoms with E-state index in [2.05, 4.69) is 21.8 Å². The first-order valence-corrected chi connectivity index (χ1v) is 11.2. The van der Waals surface area contributed by atoms with Crippen LogP contribution in [0.5, 0.6) is 0 Å². The van der Waals surface area contributed by atoms with Gasteiger partial charge in [-0.2, -0.15) is 0 Å². The van der Waals surface area contributed by atoms with Crippen LogP contribution in [0.15, 0.2) is 23.4 Å². The first-order valence-electron chi connectivity index (χ1n) is 9.56. The van der Waals surface area contributed by atoms with E-state index in [-0.39, 0.29) is 5.91 Å². The van der Waals surface area contributed by atoms with Gasteiger partial charge in [0.1, 0.15) is 0 Å². The summed E-state index contributed by atoms with van der Waals surface area (Å²) in [4.78, 5) is 26.0. The Bertz CT molecular complexity index is 842. The molecule has 2 aromatic rings. The van der Waals surface area contributed by atoms with Crippen molar-refractivity contribution in [3.05, 3.63) is 45.7 Å². The van der Waals surface area contributed by atoms with Gasteiger partial charge in [-0.05, 0) is 56.7 Å². The lowest BCUT2D eigenvalue weighted by Crippen LogP contribution is -2.49. The maximum atomic E-state index is 12.7. The van der Waals surface area contributed by atoms with Gasteiger partial charge < -0.3 is 9.80 Å². The maximum absolute atomic E-state index is 12.7. The minimum absolute atomic E-state index is 0.204. The molecule has 1 saturated heterocycles. The molecule has 1 aromatic carbocycles. The molecule has 5 nitrogen and oxygen atoms in total. The van der Waals surface area contributed by atoms with Gasteiger partial charge in [-0.25, -0.2) is 9.97 Å². The average molecular weight is 419 g/mol. The van der Waals surface area contributed by atoms with Crippen LogP contribution in [0.4, 0.5) is 5.69 Å². The number of benzene rings is 1. The molecule has 1 amide bonds. The van der Waals surface area contributed by atoms with Crippen molar-refractivity contribution in [2.24, 2.45) is 0 Å². The summed E-state index contributed by atoms with van der Waals surface area (Å²) in [5.41, 5.74) is 5.43. The summed E-state index contributed by atoms with van der Waals surface area (Å²) in [6, 6.07) is 5.97. The number of carbonyl (C=O) groups is 1. The molecule has 0 N–H and O–H groups in total. The van der Waals surface area contributed by atoms with Gasteiger partial charge in [-0.15, -0.1) is 0 Å². The van der Waals surface area contributed by atoms with E-state index in [9.17, 15) is 4.79 Å². The molecule has 7 heteroatoms. The molecular weight excluding hydrogens is 392 g/mol. The molecule has 3 rings (SSSR count). The van der Waals surface area contributed by atoms with E-state index < -0.39 is 0 Å². The second-order valence-corrected chi connectivity index (χ2v) is 8.37. The van der Waals surface area contributed by atoms with Gasteiger partial charge in [0.05, 0.1) is 0 Å². The lowest BCUT2D eigenvalue weighted by atomic mass is 10.1. The highest BCUT2D eigenvalue weighted by atomic mass is 35.5. The molecule has 0 unspecified atom stereocenters. The summed E-state index contributed by atoms with van der Waals surface area (Å²) in [7, 11) is 0. The van der Waals surface area contributed by atoms with Crippen LogP contribution in [0.25, 0.3) is 0 Å². The van der Waals surface area contributed by atoms with Gasteiger partial charge in [0.15, 0.2) is 5.16 Å². The van der Waals surface area contributed by atoms with E-state index in [1.807, 2.05) is 43.2 Å². The molecule has 28 heavy (non-hydrogen) atoms. The Kier molecular flexibility index (Phi) is 6.83. The Morgan fingerprint density at radius 2 is 1.75 bits per heavy atom. The second kappa shape index (κ2) is 9.14. The number of halogens is 1. The Labute approximate surface area is 176 Å². The van der Waals surface area contributed by atoms with E-state index in [0.717, 1.165) is 59.0 Å². The van der Waals surface area contributed by atoms with E-state index >= 15 is 0 Å². The highest BCUT2D eigenvalue weighted by Crippen LogP contribution is 2.25. The number of carbonyl (C=O) groups excluding carboxylic acids is 1.